The van der Waals surface area contributed by atoms with E-state index in [1.165, 1.54) is 0 Å². The molecule has 0 saturated carbocycles. The van der Waals surface area contributed by atoms with Gasteiger partial charge < -0.3 is 4.74 Å². The minimum Gasteiger partial charge on any atom is -0.493 e. The van der Waals surface area contributed by atoms with Gasteiger partial charge in [-0.2, -0.15) is 0 Å². The van der Waals surface area contributed by atoms with Gasteiger partial charge in [0.2, 0.25) is 0 Å². The van der Waals surface area contributed by atoms with Gasteiger partial charge in [-0.3, -0.25) is 4.79 Å². The van der Waals surface area contributed by atoms with Gasteiger partial charge >= 0.3 is 0 Å². The summed E-state index contributed by atoms with van der Waals surface area (Å²) >= 11 is 0. The number of rotatable bonds is 2. The Morgan fingerprint density at radius 1 is 1.31 bits per heavy atom. The second kappa shape index (κ2) is 4.35. The maximum absolute atomic E-state index is 11.5. The van der Waals surface area contributed by atoms with E-state index in [9.17, 15) is 4.79 Å². The van der Waals surface area contributed by atoms with Gasteiger partial charge in [0, 0.05) is 5.57 Å². The molecule has 2 rings (SSSR count). The summed E-state index contributed by atoms with van der Waals surface area (Å²) in [5.41, 5.74) is 2.79. The molecule has 0 spiro atoms. The van der Waals surface area contributed by atoms with Gasteiger partial charge in [-0.25, -0.2) is 0 Å². The van der Waals surface area contributed by atoms with Crippen LogP contribution in [0.4, 0.5) is 0 Å². The average Bonchev–Trinajstić information content (AvgIpc) is 2.61. The quantitative estimate of drug-likeness (QED) is 0.756. The number of carbonyl (C=O) groups excluding carboxylic acids is 1. The van der Waals surface area contributed by atoms with Crippen LogP contribution in [0.5, 0.6) is 0 Å². The molecule has 0 bridgehead atoms. The van der Waals surface area contributed by atoms with E-state index in [1.807, 2.05) is 43.3 Å². The zero-order valence-electron chi connectivity index (χ0n) is 9.49. The first-order valence-corrected chi connectivity index (χ1v) is 5.29. The van der Waals surface area contributed by atoms with E-state index < -0.39 is 0 Å². The Bertz CT molecular complexity index is 467. The van der Waals surface area contributed by atoms with E-state index in [4.69, 9.17) is 4.74 Å². The minimum atomic E-state index is 0.0668. The lowest BCUT2D eigenvalue weighted by Gasteiger charge is -1.99. The molecular weight excluding hydrogens is 200 g/mol. The SMILES string of the molecule is CC(=O)C1=C(C)OC/C1=C\c1ccccc1. The van der Waals surface area contributed by atoms with E-state index >= 15 is 0 Å². The van der Waals surface area contributed by atoms with Crippen molar-refractivity contribution in [3.8, 4) is 0 Å². The number of ether oxygens (including phenoxy) is 1. The number of Topliss-reactive ketones (excluding diaryl/α,β-unsaturated/α-hetero) is 1. The third-order valence-corrected chi connectivity index (χ3v) is 2.61. The van der Waals surface area contributed by atoms with Crippen molar-refractivity contribution in [2.45, 2.75) is 13.8 Å². The molecule has 1 aliphatic heterocycles. The monoisotopic (exact) mass is 214 g/mol. The summed E-state index contributed by atoms with van der Waals surface area (Å²) in [6.07, 6.45) is 2.01. The van der Waals surface area contributed by atoms with Gasteiger partial charge in [0.15, 0.2) is 5.78 Å². The molecule has 2 nitrogen and oxygen atoms in total. The topological polar surface area (TPSA) is 26.3 Å². The summed E-state index contributed by atoms with van der Waals surface area (Å²) in [5.74, 6) is 0.798. The number of benzene rings is 1. The number of hydrogen-bond donors (Lipinski definition) is 0. The molecule has 0 atom stereocenters. The van der Waals surface area contributed by atoms with Crippen LogP contribution in [-0.2, 0) is 9.53 Å². The van der Waals surface area contributed by atoms with Crippen LogP contribution in [-0.4, -0.2) is 12.4 Å². The molecule has 82 valence electrons. The van der Waals surface area contributed by atoms with Gasteiger partial charge in [-0.05, 0) is 25.5 Å². The molecule has 1 aromatic rings. The molecular formula is C14H14O2. The Balaban J connectivity index is 2.36. The molecule has 0 fully saturated rings. The van der Waals surface area contributed by atoms with Crippen LogP contribution in [0.1, 0.15) is 19.4 Å². The second-order valence-electron chi connectivity index (χ2n) is 3.86. The molecule has 0 amide bonds. The summed E-state index contributed by atoms with van der Waals surface area (Å²) in [4.78, 5) is 11.5. The largest absolute Gasteiger partial charge is 0.493 e. The maximum Gasteiger partial charge on any atom is 0.163 e. The smallest absolute Gasteiger partial charge is 0.163 e. The van der Waals surface area contributed by atoms with E-state index in [-0.39, 0.29) is 5.78 Å². The van der Waals surface area contributed by atoms with Crippen molar-refractivity contribution in [3.05, 3.63) is 52.8 Å². The molecule has 0 unspecified atom stereocenters. The van der Waals surface area contributed by atoms with Crippen molar-refractivity contribution in [1.29, 1.82) is 0 Å². The Morgan fingerprint density at radius 2 is 2.00 bits per heavy atom. The first-order valence-electron chi connectivity index (χ1n) is 5.29. The lowest BCUT2D eigenvalue weighted by molar-refractivity contribution is -0.113. The molecule has 0 saturated heterocycles. The van der Waals surface area contributed by atoms with Crippen molar-refractivity contribution in [1.82, 2.24) is 0 Å². The van der Waals surface area contributed by atoms with Crippen LogP contribution < -0.4 is 0 Å². The Hall–Kier alpha value is -1.83. The van der Waals surface area contributed by atoms with Gasteiger partial charge in [0.05, 0.1) is 5.57 Å². The highest BCUT2D eigenvalue weighted by atomic mass is 16.5. The highest BCUT2D eigenvalue weighted by molar-refractivity contribution is 6.00. The summed E-state index contributed by atoms with van der Waals surface area (Å²) in [5, 5.41) is 0. The molecule has 1 aliphatic rings. The first-order chi connectivity index (χ1) is 7.68. The molecule has 1 aromatic carbocycles. The van der Waals surface area contributed by atoms with Crippen LogP contribution in [0.3, 0.4) is 0 Å². The zero-order chi connectivity index (χ0) is 11.5. The fraction of sp³-hybridized carbons (Fsp3) is 0.214. The van der Waals surface area contributed by atoms with Crippen LogP contribution in [0, 0.1) is 0 Å². The number of carbonyl (C=O) groups is 1. The first kappa shape index (κ1) is 10.7. The lowest BCUT2D eigenvalue weighted by Crippen LogP contribution is -1.98. The van der Waals surface area contributed by atoms with E-state index in [0.29, 0.717) is 6.61 Å². The zero-order valence-corrected chi connectivity index (χ0v) is 9.49. The summed E-state index contributed by atoms with van der Waals surface area (Å²) < 4.78 is 5.40. The molecule has 0 aliphatic carbocycles. The van der Waals surface area contributed by atoms with Crippen molar-refractivity contribution in [3.63, 3.8) is 0 Å². The van der Waals surface area contributed by atoms with E-state index in [0.717, 1.165) is 22.5 Å². The van der Waals surface area contributed by atoms with Gasteiger partial charge in [-0.15, -0.1) is 0 Å². The molecule has 0 N–H and O–H groups in total. The fourth-order valence-electron chi connectivity index (χ4n) is 1.89. The number of allylic oxidation sites excluding steroid dienone is 1. The van der Waals surface area contributed by atoms with Crippen LogP contribution in [0.2, 0.25) is 0 Å². The normalized spacial score (nSPS) is 17.8. The van der Waals surface area contributed by atoms with E-state index in [2.05, 4.69) is 0 Å². The Labute approximate surface area is 95.2 Å². The fourth-order valence-corrected chi connectivity index (χ4v) is 1.89. The molecule has 16 heavy (non-hydrogen) atoms. The standard InChI is InChI=1S/C14H14O2/c1-10(15)14-11(2)16-9-13(14)8-12-6-4-3-5-7-12/h3-8H,9H2,1-2H3/b13-8+. The van der Waals surface area contributed by atoms with Crippen molar-refractivity contribution < 1.29 is 9.53 Å². The predicted molar refractivity (Wildman–Crippen MR) is 63.8 cm³/mol. The molecule has 0 radical (unpaired) electrons. The number of ketones is 1. The Kier molecular flexibility index (Phi) is 2.91. The lowest BCUT2D eigenvalue weighted by atomic mass is 10.0. The second-order valence-corrected chi connectivity index (χ2v) is 3.86. The van der Waals surface area contributed by atoms with Crippen molar-refractivity contribution >= 4 is 11.9 Å². The van der Waals surface area contributed by atoms with Crippen molar-refractivity contribution in [2.24, 2.45) is 0 Å². The highest BCUT2D eigenvalue weighted by Crippen LogP contribution is 2.26. The van der Waals surface area contributed by atoms with Gasteiger partial charge in [-0.1, -0.05) is 30.3 Å². The number of hydrogen-bond acceptors (Lipinski definition) is 2. The minimum absolute atomic E-state index is 0.0668. The summed E-state index contributed by atoms with van der Waals surface area (Å²) in [6, 6.07) is 9.95. The Morgan fingerprint density at radius 3 is 2.62 bits per heavy atom. The predicted octanol–water partition coefficient (Wildman–Crippen LogP) is 2.96. The van der Waals surface area contributed by atoms with Gasteiger partial charge in [0.1, 0.15) is 12.4 Å². The average molecular weight is 214 g/mol. The van der Waals surface area contributed by atoms with Crippen LogP contribution >= 0.6 is 0 Å². The molecule has 1 heterocycles. The van der Waals surface area contributed by atoms with Crippen LogP contribution in [0.15, 0.2) is 47.2 Å². The summed E-state index contributed by atoms with van der Waals surface area (Å²) in [7, 11) is 0. The third kappa shape index (κ3) is 2.06. The third-order valence-electron chi connectivity index (χ3n) is 2.61. The van der Waals surface area contributed by atoms with Crippen LogP contribution in [0.25, 0.3) is 6.08 Å². The molecule has 0 aromatic heterocycles. The van der Waals surface area contributed by atoms with E-state index in [1.54, 1.807) is 6.92 Å². The van der Waals surface area contributed by atoms with Gasteiger partial charge in [0.25, 0.3) is 0 Å². The highest BCUT2D eigenvalue weighted by Gasteiger charge is 2.21. The van der Waals surface area contributed by atoms with Crippen molar-refractivity contribution in [2.75, 3.05) is 6.61 Å². The maximum atomic E-state index is 11.5. The molecule has 2 heteroatoms. The summed E-state index contributed by atoms with van der Waals surface area (Å²) in [6.45, 7) is 3.91.